The van der Waals surface area contributed by atoms with Crippen molar-refractivity contribution in [3.8, 4) is 0 Å². The number of anilines is 1. The molecule has 2 rings (SSSR count). The van der Waals surface area contributed by atoms with Gasteiger partial charge >= 0.3 is 0 Å². The summed E-state index contributed by atoms with van der Waals surface area (Å²) in [6.07, 6.45) is 5.18. The Kier molecular flexibility index (Phi) is 4.27. The summed E-state index contributed by atoms with van der Waals surface area (Å²) < 4.78 is 13.1. The maximum absolute atomic E-state index is 13.1. The number of nitrogens with one attached hydrogen (secondary N) is 1. The lowest BCUT2D eigenvalue weighted by molar-refractivity contribution is 0.300. The van der Waals surface area contributed by atoms with Gasteiger partial charge < -0.3 is 5.32 Å². The average molecular weight is 256 g/mol. The van der Waals surface area contributed by atoms with Crippen LogP contribution in [0.3, 0.4) is 0 Å². The third kappa shape index (κ3) is 3.88. The van der Waals surface area contributed by atoms with Gasteiger partial charge in [-0.25, -0.2) is 4.39 Å². The standard InChI is InChI=1S/C14H19ClFN/c1-10-2-4-11(5-3-10)9-17-14-7-12(15)6-13(16)8-14/h6-8,10-11,17H,2-5,9H2,1H3. The van der Waals surface area contributed by atoms with Crippen LogP contribution < -0.4 is 5.32 Å². The largest absolute Gasteiger partial charge is 0.385 e. The Morgan fingerprint density at radius 2 is 1.94 bits per heavy atom. The van der Waals surface area contributed by atoms with Gasteiger partial charge in [0.15, 0.2) is 0 Å². The summed E-state index contributed by atoms with van der Waals surface area (Å²) in [7, 11) is 0. The highest BCUT2D eigenvalue weighted by atomic mass is 35.5. The topological polar surface area (TPSA) is 12.0 Å². The van der Waals surface area contributed by atoms with E-state index in [1.54, 1.807) is 6.07 Å². The fraction of sp³-hybridized carbons (Fsp3) is 0.571. The second-order valence-corrected chi connectivity index (χ2v) is 5.60. The first-order chi connectivity index (χ1) is 8.13. The highest BCUT2D eigenvalue weighted by molar-refractivity contribution is 6.30. The van der Waals surface area contributed by atoms with Crippen molar-refractivity contribution in [2.45, 2.75) is 32.6 Å². The highest BCUT2D eigenvalue weighted by Gasteiger charge is 2.17. The lowest BCUT2D eigenvalue weighted by atomic mass is 9.83. The predicted molar refractivity (Wildman–Crippen MR) is 71.0 cm³/mol. The summed E-state index contributed by atoms with van der Waals surface area (Å²) in [6.45, 7) is 3.24. The number of rotatable bonds is 3. The normalized spacial score (nSPS) is 24.6. The first-order valence-corrected chi connectivity index (χ1v) is 6.71. The molecule has 1 aliphatic rings. The van der Waals surface area contributed by atoms with Crippen molar-refractivity contribution < 1.29 is 4.39 Å². The molecule has 0 spiro atoms. The molecule has 3 heteroatoms. The van der Waals surface area contributed by atoms with Crippen molar-refractivity contribution >= 4 is 17.3 Å². The summed E-state index contributed by atoms with van der Waals surface area (Å²) in [6, 6.07) is 4.60. The van der Waals surface area contributed by atoms with E-state index in [9.17, 15) is 4.39 Å². The molecule has 0 heterocycles. The molecule has 1 nitrogen and oxygen atoms in total. The molecule has 1 saturated carbocycles. The smallest absolute Gasteiger partial charge is 0.126 e. The Morgan fingerprint density at radius 3 is 2.59 bits per heavy atom. The van der Waals surface area contributed by atoms with Gasteiger partial charge in [0.25, 0.3) is 0 Å². The molecule has 0 unspecified atom stereocenters. The molecule has 1 aromatic carbocycles. The monoisotopic (exact) mass is 255 g/mol. The van der Waals surface area contributed by atoms with Gasteiger partial charge in [-0.1, -0.05) is 31.4 Å². The molecular weight excluding hydrogens is 237 g/mol. The zero-order chi connectivity index (χ0) is 12.3. The molecule has 1 aromatic rings. The third-order valence-corrected chi connectivity index (χ3v) is 3.81. The van der Waals surface area contributed by atoms with Crippen molar-refractivity contribution in [2.75, 3.05) is 11.9 Å². The molecule has 1 aliphatic carbocycles. The molecule has 1 N–H and O–H groups in total. The molecule has 0 radical (unpaired) electrons. The van der Waals surface area contributed by atoms with E-state index in [0.717, 1.165) is 18.2 Å². The fourth-order valence-electron chi connectivity index (χ4n) is 2.45. The Hall–Kier alpha value is -0.760. The third-order valence-electron chi connectivity index (χ3n) is 3.59. The van der Waals surface area contributed by atoms with Gasteiger partial charge in [-0.15, -0.1) is 0 Å². The molecule has 94 valence electrons. The van der Waals surface area contributed by atoms with Crippen LogP contribution in [0.4, 0.5) is 10.1 Å². The summed E-state index contributed by atoms with van der Waals surface area (Å²) >= 11 is 5.81. The quantitative estimate of drug-likeness (QED) is 0.824. The van der Waals surface area contributed by atoms with E-state index in [1.807, 2.05) is 0 Å². The predicted octanol–water partition coefficient (Wildman–Crippen LogP) is 4.72. The van der Waals surface area contributed by atoms with Gasteiger partial charge in [-0.05, 0) is 42.9 Å². The molecule has 1 fully saturated rings. The first kappa shape index (κ1) is 12.7. The van der Waals surface area contributed by atoms with Crippen molar-refractivity contribution in [3.63, 3.8) is 0 Å². The van der Waals surface area contributed by atoms with E-state index in [4.69, 9.17) is 11.6 Å². The Bertz CT molecular complexity index is 352. The highest BCUT2D eigenvalue weighted by Crippen LogP contribution is 2.28. The van der Waals surface area contributed by atoms with E-state index < -0.39 is 0 Å². The summed E-state index contributed by atoms with van der Waals surface area (Å²) in [5, 5.41) is 3.74. The summed E-state index contributed by atoms with van der Waals surface area (Å²) in [5.41, 5.74) is 0.786. The SMILES string of the molecule is CC1CCC(CNc2cc(F)cc(Cl)c2)CC1. The number of halogens is 2. The Morgan fingerprint density at radius 1 is 1.24 bits per heavy atom. The molecular formula is C14H19ClFN. The summed E-state index contributed by atoms with van der Waals surface area (Å²) in [5.74, 6) is 1.31. The Balaban J connectivity index is 1.85. The molecule has 0 aliphatic heterocycles. The Labute approximate surface area is 107 Å². The van der Waals surface area contributed by atoms with E-state index in [2.05, 4.69) is 12.2 Å². The van der Waals surface area contributed by atoms with Gasteiger partial charge in [0.2, 0.25) is 0 Å². The van der Waals surface area contributed by atoms with Crippen molar-refractivity contribution in [1.29, 1.82) is 0 Å². The van der Waals surface area contributed by atoms with Gasteiger partial charge in [-0.2, -0.15) is 0 Å². The van der Waals surface area contributed by atoms with Crippen LogP contribution >= 0.6 is 11.6 Å². The fourth-order valence-corrected chi connectivity index (χ4v) is 2.67. The van der Waals surface area contributed by atoms with Crippen LogP contribution in [-0.2, 0) is 0 Å². The van der Waals surface area contributed by atoms with Crippen molar-refractivity contribution in [1.82, 2.24) is 0 Å². The number of benzene rings is 1. The minimum atomic E-state index is -0.280. The van der Waals surface area contributed by atoms with Crippen LogP contribution in [-0.4, -0.2) is 6.54 Å². The lowest BCUT2D eigenvalue weighted by Crippen LogP contribution is -2.20. The average Bonchev–Trinajstić information content (AvgIpc) is 2.27. The minimum absolute atomic E-state index is 0.280. The van der Waals surface area contributed by atoms with E-state index in [1.165, 1.54) is 37.8 Å². The first-order valence-electron chi connectivity index (χ1n) is 6.33. The zero-order valence-corrected chi connectivity index (χ0v) is 10.9. The number of hydrogen-bond acceptors (Lipinski definition) is 1. The van der Waals surface area contributed by atoms with Crippen LogP contribution in [0.15, 0.2) is 18.2 Å². The van der Waals surface area contributed by atoms with E-state index >= 15 is 0 Å². The van der Waals surface area contributed by atoms with Crippen LogP contribution in [0, 0.1) is 17.7 Å². The molecule has 0 amide bonds. The molecule has 0 saturated heterocycles. The van der Waals surface area contributed by atoms with Gasteiger partial charge in [0.05, 0.1) is 0 Å². The minimum Gasteiger partial charge on any atom is -0.385 e. The maximum atomic E-state index is 13.1. The molecule has 0 aromatic heterocycles. The van der Waals surface area contributed by atoms with Gasteiger partial charge in [0, 0.05) is 17.3 Å². The molecule has 17 heavy (non-hydrogen) atoms. The lowest BCUT2D eigenvalue weighted by Gasteiger charge is -2.26. The van der Waals surface area contributed by atoms with Crippen molar-refractivity contribution in [2.24, 2.45) is 11.8 Å². The maximum Gasteiger partial charge on any atom is 0.126 e. The van der Waals surface area contributed by atoms with E-state index in [0.29, 0.717) is 10.9 Å². The van der Waals surface area contributed by atoms with Crippen LogP contribution in [0.25, 0.3) is 0 Å². The van der Waals surface area contributed by atoms with Crippen LogP contribution in [0.1, 0.15) is 32.6 Å². The van der Waals surface area contributed by atoms with Crippen molar-refractivity contribution in [3.05, 3.63) is 29.0 Å². The second-order valence-electron chi connectivity index (χ2n) is 5.16. The van der Waals surface area contributed by atoms with Gasteiger partial charge in [-0.3, -0.25) is 0 Å². The molecule has 0 atom stereocenters. The summed E-state index contributed by atoms with van der Waals surface area (Å²) in [4.78, 5) is 0. The van der Waals surface area contributed by atoms with Crippen LogP contribution in [0.5, 0.6) is 0 Å². The van der Waals surface area contributed by atoms with Crippen LogP contribution in [0.2, 0.25) is 5.02 Å². The molecule has 0 bridgehead atoms. The van der Waals surface area contributed by atoms with Gasteiger partial charge in [0.1, 0.15) is 5.82 Å². The second kappa shape index (κ2) is 5.72. The number of hydrogen-bond donors (Lipinski definition) is 1. The zero-order valence-electron chi connectivity index (χ0n) is 10.2. The van der Waals surface area contributed by atoms with E-state index in [-0.39, 0.29) is 5.82 Å².